The van der Waals surface area contributed by atoms with Crippen LogP contribution in [-0.2, 0) is 27.3 Å². The summed E-state index contributed by atoms with van der Waals surface area (Å²) >= 11 is 0. The number of fused-ring (bicyclic) bond motifs is 1. The van der Waals surface area contributed by atoms with Gasteiger partial charge in [0, 0.05) is 30.8 Å². The third kappa shape index (κ3) is 7.23. The van der Waals surface area contributed by atoms with Crippen LogP contribution in [-0.4, -0.2) is 74.5 Å². The molecule has 1 aromatic carbocycles. The number of anilines is 1. The van der Waals surface area contributed by atoms with Crippen LogP contribution in [0, 0.1) is 12.8 Å². The number of methoxy groups -OCH3 is 1. The van der Waals surface area contributed by atoms with E-state index in [9.17, 15) is 19.5 Å². The van der Waals surface area contributed by atoms with Gasteiger partial charge in [-0.15, -0.1) is 0 Å². The molecule has 2 aliphatic heterocycles. The number of allylic oxidation sites excluding steroid dienone is 2. The molecule has 2 heterocycles. The van der Waals surface area contributed by atoms with E-state index in [0.29, 0.717) is 41.1 Å². The molecule has 1 saturated heterocycles. The summed E-state index contributed by atoms with van der Waals surface area (Å²) in [6.45, 7) is 10.4. The molecule has 3 rings (SSSR count). The summed E-state index contributed by atoms with van der Waals surface area (Å²) in [6.07, 6.45) is 4.03. The molecule has 0 aromatic heterocycles. The highest BCUT2D eigenvalue weighted by Crippen LogP contribution is 2.41. The lowest BCUT2D eigenvalue weighted by atomic mass is 9.89. The van der Waals surface area contributed by atoms with Crippen molar-refractivity contribution in [3.63, 3.8) is 0 Å². The van der Waals surface area contributed by atoms with Crippen LogP contribution in [0.25, 0.3) is 0 Å². The molecule has 204 valence electrons. The summed E-state index contributed by atoms with van der Waals surface area (Å²) in [5.74, 6) is -0.863. The Labute approximate surface area is 218 Å². The number of esters is 1. The van der Waals surface area contributed by atoms with Gasteiger partial charge in [0.1, 0.15) is 12.4 Å². The predicted molar refractivity (Wildman–Crippen MR) is 139 cm³/mol. The van der Waals surface area contributed by atoms with Crippen LogP contribution in [0.4, 0.5) is 10.5 Å². The van der Waals surface area contributed by atoms with Crippen LogP contribution in [0.5, 0.6) is 5.75 Å². The van der Waals surface area contributed by atoms with Gasteiger partial charge in [-0.05, 0) is 58.1 Å². The van der Waals surface area contributed by atoms with Crippen LogP contribution >= 0.6 is 0 Å². The predicted octanol–water partition coefficient (Wildman–Crippen LogP) is 3.51. The number of ether oxygens (including phenoxy) is 3. The standard InChI is InChI=1S/C27H39N3O7/c1-5-28-27(34)29-24-20(25(35-4)18(3)21-16-37-26(33)23(21)24)9-8-17(2)19(15-22(31)32)7-6-10-30-11-13-36-14-12-30/h8,19H,5-7,9-16H2,1-4H3,(H,31,32)(H2,28,29,34)/b17-8+. The van der Waals surface area contributed by atoms with Gasteiger partial charge in [0.15, 0.2) is 0 Å². The van der Waals surface area contributed by atoms with Crippen molar-refractivity contribution in [3.05, 3.63) is 33.9 Å². The summed E-state index contributed by atoms with van der Waals surface area (Å²) in [4.78, 5) is 39.0. The van der Waals surface area contributed by atoms with Crippen molar-refractivity contribution in [2.75, 3.05) is 51.8 Å². The highest BCUT2D eigenvalue weighted by Gasteiger charge is 2.32. The number of morpholine rings is 1. The SMILES string of the molecule is CCNC(=O)Nc1c(C/C=C(\C)C(CCCN2CCOCC2)CC(=O)O)c(OC)c(C)c2c1C(=O)OC2. The molecule has 0 bridgehead atoms. The van der Waals surface area contributed by atoms with Crippen LogP contribution in [0.1, 0.15) is 60.2 Å². The monoisotopic (exact) mass is 517 g/mol. The maximum absolute atomic E-state index is 12.6. The van der Waals surface area contributed by atoms with Crippen LogP contribution < -0.4 is 15.4 Å². The zero-order valence-electron chi connectivity index (χ0n) is 22.3. The van der Waals surface area contributed by atoms with Crippen molar-refractivity contribution in [1.82, 2.24) is 10.2 Å². The van der Waals surface area contributed by atoms with E-state index in [1.807, 2.05) is 26.8 Å². The Morgan fingerprint density at radius 3 is 2.65 bits per heavy atom. The Hall–Kier alpha value is -3.11. The van der Waals surface area contributed by atoms with E-state index in [2.05, 4.69) is 15.5 Å². The zero-order chi connectivity index (χ0) is 26.9. The van der Waals surface area contributed by atoms with E-state index < -0.39 is 18.0 Å². The van der Waals surface area contributed by atoms with E-state index in [4.69, 9.17) is 14.2 Å². The van der Waals surface area contributed by atoms with Crippen molar-refractivity contribution in [1.29, 1.82) is 0 Å². The summed E-state index contributed by atoms with van der Waals surface area (Å²) in [5, 5.41) is 15.1. The second-order valence-electron chi connectivity index (χ2n) is 9.47. The quantitative estimate of drug-likeness (QED) is 0.284. The number of aliphatic carboxylic acids is 1. The van der Waals surface area contributed by atoms with Crippen molar-refractivity contribution in [2.45, 2.75) is 53.1 Å². The Bertz CT molecular complexity index is 1030. The number of carboxylic acids is 1. The molecule has 3 N–H and O–H groups in total. The van der Waals surface area contributed by atoms with Gasteiger partial charge >= 0.3 is 18.0 Å². The topological polar surface area (TPSA) is 126 Å². The van der Waals surface area contributed by atoms with Gasteiger partial charge < -0.3 is 30.0 Å². The number of hydrogen-bond acceptors (Lipinski definition) is 7. The molecule has 2 amide bonds. The number of rotatable bonds is 12. The molecule has 1 fully saturated rings. The van der Waals surface area contributed by atoms with Crippen LogP contribution in [0.15, 0.2) is 11.6 Å². The van der Waals surface area contributed by atoms with Gasteiger partial charge in [0.25, 0.3) is 0 Å². The molecule has 10 nitrogen and oxygen atoms in total. The molecule has 2 aliphatic rings. The number of carbonyl (C=O) groups excluding carboxylic acids is 2. The Morgan fingerprint density at radius 1 is 1.27 bits per heavy atom. The number of benzene rings is 1. The Kier molecular flexibility index (Phi) is 10.3. The minimum absolute atomic E-state index is 0.0438. The Balaban J connectivity index is 1.87. The van der Waals surface area contributed by atoms with Gasteiger partial charge in [-0.2, -0.15) is 0 Å². The summed E-state index contributed by atoms with van der Waals surface area (Å²) in [5.41, 5.74) is 3.82. The van der Waals surface area contributed by atoms with E-state index in [1.165, 1.54) is 0 Å². The lowest BCUT2D eigenvalue weighted by molar-refractivity contribution is -0.137. The lowest BCUT2D eigenvalue weighted by Gasteiger charge is -2.27. The molecule has 0 radical (unpaired) electrons. The molecule has 10 heteroatoms. The molecule has 0 saturated carbocycles. The normalized spacial score (nSPS) is 16.6. The molecule has 0 spiro atoms. The first kappa shape index (κ1) is 28.5. The van der Waals surface area contributed by atoms with E-state index in [-0.39, 0.29) is 18.9 Å². The molecular formula is C27H39N3O7. The minimum atomic E-state index is -0.837. The second-order valence-corrected chi connectivity index (χ2v) is 9.47. The highest BCUT2D eigenvalue weighted by molar-refractivity contribution is 6.05. The van der Waals surface area contributed by atoms with Gasteiger partial charge in [-0.1, -0.05) is 11.6 Å². The number of amides is 2. The maximum Gasteiger partial charge on any atom is 0.341 e. The van der Waals surface area contributed by atoms with Crippen molar-refractivity contribution in [2.24, 2.45) is 5.92 Å². The van der Waals surface area contributed by atoms with Gasteiger partial charge in [0.2, 0.25) is 0 Å². The molecule has 1 aromatic rings. The second kappa shape index (κ2) is 13.4. The van der Waals surface area contributed by atoms with Crippen molar-refractivity contribution in [3.8, 4) is 5.75 Å². The average molecular weight is 518 g/mol. The first-order chi connectivity index (χ1) is 17.8. The van der Waals surface area contributed by atoms with Gasteiger partial charge in [-0.25, -0.2) is 9.59 Å². The number of nitrogens with one attached hydrogen (secondary N) is 2. The number of nitrogens with zero attached hydrogens (tertiary/aromatic N) is 1. The molecular weight excluding hydrogens is 478 g/mol. The van der Waals surface area contributed by atoms with Crippen LogP contribution in [0.3, 0.4) is 0 Å². The smallest absolute Gasteiger partial charge is 0.341 e. The molecule has 1 atom stereocenters. The van der Waals surface area contributed by atoms with E-state index in [1.54, 1.807) is 7.11 Å². The summed E-state index contributed by atoms with van der Waals surface area (Å²) < 4.78 is 16.4. The Morgan fingerprint density at radius 2 is 2.00 bits per heavy atom. The third-order valence-corrected chi connectivity index (χ3v) is 7.08. The minimum Gasteiger partial charge on any atom is -0.496 e. The number of cyclic esters (lactones) is 1. The van der Waals surface area contributed by atoms with Crippen LogP contribution in [0.2, 0.25) is 0 Å². The number of carboxylic acid groups (broad SMARTS) is 1. The third-order valence-electron chi connectivity index (χ3n) is 7.08. The number of carbonyl (C=O) groups is 3. The fourth-order valence-corrected chi connectivity index (χ4v) is 5.03. The van der Waals surface area contributed by atoms with E-state index in [0.717, 1.165) is 56.8 Å². The fraction of sp³-hybridized carbons (Fsp3) is 0.593. The lowest BCUT2D eigenvalue weighted by Crippen LogP contribution is -2.37. The summed E-state index contributed by atoms with van der Waals surface area (Å²) in [6, 6.07) is -0.427. The molecule has 37 heavy (non-hydrogen) atoms. The first-order valence-corrected chi connectivity index (χ1v) is 12.9. The maximum atomic E-state index is 12.6. The van der Waals surface area contributed by atoms with E-state index >= 15 is 0 Å². The number of hydrogen-bond donors (Lipinski definition) is 3. The van der Waals surface area contributed by atoms with Gasteiger partial charge in [0.05, 0.1) is 38.0 Å². The van der Waals surface area contributed by atoms with Crippen molar-refractivity contribution >= 4 is 23.7 Å². The average Bonchev–Trinajstić information content (AvgIpc) is 3.26. The fourth-order valence-electron chi connectivity index (χ4n) is 5.03. The largest absolute Gasteiger partial charge is 0.496 e. The summed E-state index contributed by atoms with van der Waals surface area (Å²) in [7, 11) is 1.56. The zero-order valence-corrected chi connectivity index (χ0v) is 22.3. The number of urea groups is 1. The highest BCUT2D eigenvalue weighted by atomic mass is 16.5. The first-order valence-electron chi connectivity index (χ1n) is 12.9. The van der Waals surface area contributed by atoms with Crippen molar-refractivity contribution < 1.29 is 33.7 Å². The molecule has 0 aliphatic carbocycles. The molecule has 1 unspecified atom stereocenters. The van der Waals surface area contributed by atoms with Gasteiger partial charge in [-0.3, -0.25) is 9.69 Å².